The molecule has 0 radical (unpaired) electrons. The van der Waals surface area contributed by atoms with Gasteiger partial charge in [-0.1, -0.05) is 194 Å². The first kappa shape index (κ1) is 36.9. The lowest BCUT2D eigenvalue weighted by Crippen LogP contribution is -2.74. The van der Waals surface area contributed by atoms with Crippen LogP contribution in [-0.4, -0.2) is 17.2 Å². The molecule has 0 fully saturated rings. The zero-order valence-electron chi connectivity index (χ0n) is 34.9. The highest BCUT2D eigenvalue weighted by Crippen LogP contribution is 2.45. The number of rotatable bonds is 7. The third kappa shape index (κ3) is 5.43. The van der Waals surface area contributed by atoms with Crippen LogP contribution in [0.15, 0.2) is 243 Å². The van der Waals surface area contributed by atoms with E-state index in [0.717, 1.165) is 11.4 Å². The van der Waals surface area contributed by atoms with Gasteiger partial charge in [0.2, 0.25) is 0 Å². The van der Waals surface area contributed by atoms with Crippen molar-refractivity contribution in [2.24, 2.45) is 0 Å². The summed E-state index contributed by atoms with van der Waals surface area (Å²) < 4.78 is 7.61. The van der Waals surface area contributed by atoms with E-state index in [4.69, 9.17) is 0 Å². The molecule has 0 aliphatic rings. The maximum atomic E-state index is 2.51. The molecule has 13 aromatic rings. The summed E-state index contributed by atoms with van der Waals surface area (Å²) in [6, 6.07) is 90.4. The molecule has 0 aliphatic heterocycles. The molecule has 0 bridgehead atoms. The van der Waals surface area contributed by atoms with Gasteiger partial charge in [-0.15, -0.1) is 11.3 Å². The minimum atomic E-state index is -2.69. The van der Waals surface area contributed by atoms with E-state index in [1.807, 2.05) is 11.3 Å². The second-order valence-electron chi connectivity index (χ2n) is 16.8. The monoisotopic (exact) mass is 848 g/mol. The number of benzene rings is 10. The summed E-state index contributed by atoms with van der Waals surface area (Å²) in [5.41, 5.74) is 9.58. The molecule has 64 heavy (non-hydrogen) atoms. The van der Waals surface area contributed by atoms with E-state index in [0.29, 0.717) is 0 Å². The molecule has 300 valence electrons. The van der Waals surface area contributed by atoms with Crippen LogP contribution < -0.4 is 20.7 Å². The van der Waals surface area contributed by atoms with Crippen LogP contribution in [0.2, 0.25) is 0 Å². The van der Waals surface area contributed by atoms with Crippen molar-refractivity contribution < 1.29 is 0 Å². The van der Waals surface area contributed by atoms with Crippen LogP contribution in [-0.2, 0) is 0 Å². The van der Waals surface area contributed by atoms with Gasteiger partial charge in [0, 0.05) is 58.7 Å². The van der Waals surface area contributed by atoms with Gasteiger partial charge in [-0.25, -0.2) is 0 Å². The van der Waals surface area contributed by atoms with Crippen molar-refractivity contribution in [3.8, 4) is 22.5 Å². The normalized spacial score (nSPS) is 12.1. The quantitative estimate of drug-likeness (QED) is 0.112. The van der Waals surface area contributed by atoms with Crippen LogP contribution >= 0.6 is 11.3 Å². The fourth-order valence-corrected chi connectivity index (χ4v) is 16.7. The Bertz CT molecular complexity index is 3790. The first-order valence-corrected chi connectivity index (χ1v) is 24.8. The summed E-state index contributed by atoms with van der Waals surface area (Å²) >= 11 is 1.88. The van der Waals surface area contributed by atoms with E-state index in [1.54, 1.807) is 0 Å². The molecule has 4 heteroatoms. The van der Waals surface area contributed by atoms with Gasteiger partial charge < -0.3 is 9.13 Å². The smallest absolute Gasteiger partial charge is 0.179 e. The standard InChI is InChI=1S/C60H40N2SSi/c1-4-18-43(19-5-1)64(44-20-6-2-7-21-44,45-22-8-3-9-23-45)46-37-34-41(35-38-46)61-54-30-13-10-24-47(54)49-39-36-42(40-56(49)61)62-55-31-14-11-25-48(55)51-28-16-29-52(60(51)62)50-27-17-33-58-59(50)53-26-12-15-32-57(53)63-58/h1-40H. The van der Waals surface area contributed by atoms with Gasteiger partial charge >= 0.3 is 0 Å². The molecule has 3 heterocycles. The highest BCUT2D eigenvalue weighted by atomic mass is 32.1. The fourth-order valence-electron chi connectivity index (χ4n) is 10.8. The number of hydrogen-bond donors (Lipinski definition) is 0. The number of para-hydroxylation sites is 3. The number of fused-ring (bicyclic) bond motifs is 9. The Morgan fingerprint density at radius 1 is 0.297 bits per heavy atom. The van der Waals surface area contributed by atoms with E-state index in [1.165, 1.54) is 95.7 Å². The van der Waals surface area contributed by atoms with E-state index < -0.39 is 8.07 Å². The number of aromatic nitrogens is 2. The second kappa shape index (κ2) is 14.7. The number of thiophene rings is 1. The van der Waals surface area contributed by atoms with Crippen LogP contribution in [0.25, 0.3) is 86.3 Å². The average molecular weight is 849 g/mol. The lowest BCUT2D eigenvalue weighted by atomic mass is 9.97. The molecule has 0 spiro atoms. The molecule has 3 aromatic heterocycles. The first-order chi connectivity index (χ1) is 31.8. The topological polar surface area (TPSA) is 9.86 Å². The summed E-state index contributed by atoms with van der Waals surface area (Å²) in [4.78, 5) is 0. The van der Waals surface area contributed by atoms with E-state index in [-0.39, 0.29) is 0 Å². The van der Waals surface area contributed by atoms with Crippen LogP contribution in [0.1, 0.15) is 0 Å². The minimum absolute atomic E-state index is 1.14. The molecular formula is C60H40N2SSi. The Hall–Kier alpha value is -7.76. The zero-order valence-corrected chi connectivity index (χ0v) is 36.7. The van der Waals surface area contributed by atoms with E-state index >= 15 is 0 Å². The molecule has 0 aliphatic carbocycles. The average Bonchev–Trinajstić information content (AvgIpc) is 4.03. The van der Waals surface area contributed by atoms with Gasteiger partial charge in [0.25, 0.3) is 0 Å². The Labute approximate surface area is 376 Å². The van der Waals surface area contributed by atoms with E-state index in [9.17, 15) is 0 Å². The zero-order chi connectivity index (χ0) is 42.2. The molecule has 13 rings (SSSR count). The molecule has 0 saturated carbocycles. The molecule has 0 atom stereocenters. The Morgan fingerprint density at radius 3 is 1.44 bits per heavy atom. The van der Waals surface area contributed by atoms with Crippen LogP contribution in [0.4, 0.5) is 0 Å². The van der Waals surface area contributed by atoms with Crippen molar-refractivity contribution in [1.82, 2.24) is 9.13 Å². The van der Waals surface area contributed by atoms with Crippen molar-refractivity contribution in [3.63, 3.8) is 0 Å². The van der Waals surface area contributed by atoms with Gasteiger partial charge in [0.15, 0.2) is 8.07 Å². The minimum Gasteiger partial charge on any atom is -0.309 e. The molecule has 0 N–H and O–H groups in total. The second-order valence-corrected chi connectivity index (χ2v) is 21.7. The summed E-state index contributed by atoms with van der Waals surface area (Å²) in [7, 11) is -2.69. The van der Waals surface area contributed by atoms with Crippen molar-refractivity contribution in [3.05, 3.63) is 243 Å². The van der Waals surface area contributed by atoms with Gasteiger partial charge in [-0.3, -0.25) is 0 Å². The third-order valence-electron chi connectivity index (χ3n) is 13.5. The number of hydrogen-bond acceptors (Lipinski definition) is 1. The third-order valence-corrected chi connectivity index (χ3v) is 19.4. The highest BCUT2D eigenvalue weighted by Gasteiger charge is 2.41. The fraction of sp³-hybridized carbons (Fsp3) is 0. The lowest BCUT2D eigenvalue weighted by molar-refractivity contribution is 1.16. The van der Waals surface area contributed by atoms with Crippen molar-refractivity contribution >= 4 is 104 Å². The van der Waals surface area contributed by atoms with Crippen molar-refractivity contribution in [2.45, 2.75) is 0 Å². The predicted molar refractivity (Wildman–Crippen MR) is 277 cm³/mol. The van der Waals surface area contributed by atoms with Gasteiger partial charge in [0.05, 0.1) is 22.1 Å². The van der Waals surface area contributed by atoms with Crippen molar-refractivity contribution in [1.29, 1.82) is 0 Å². The van der Waals surface area contributed by atoms with Crippen molar-refractivity contribution in [2.75, 3.05) is 0 Å². The molecule has 2 nitrogen and oxygen atoms in total. The molecule has 0 saturated heterocycles. The Balaban J connectivity index is 1.05. The SMILES string of the molecule is c1ccc([Si](c2ccccc2)(c2ccccc2)c2ccc(-n3c4ccccc4c4ccc(-n5c6ccccc6c6cccc(-c7cccc8sc9ccccc9c78)c65)cc43)cc2)cc1. The van der Waals surface area contributed by atoms with Gasteiger partial charge in [-0.05, 0) is 74.8 Å². The maximum Gasteiger partial charge on any atom is 0.179 e. The molecule has 0 amide bonds. The number of nitrogens with zero attached hydrogens (tertiary/aromatic N) is 2. The summed E-state index contributed by atoms with van der Waals surface area (Å²) in [5, 5.41) is 13.1. The summed E-state index contributed by atoms with van der Waals surface area (Å²) in [5.74, 6) is 0. The van der Waals surface area contributed by atoms with Crippen LogP contribution in [0, 0.1) is 0 Å². The molecule has 0 unspecified atom stereocenters. The molecule has 10 aromatic carbocycles. The Morgan fingerprint density at radius 2 is 0.766 bits per heavy atom. The molecular weight excluding hydrogens is 809 g/mol. The summed E-state index contributed by atoms with van der Waals surface area (Å²) in [6.07, 6.45) is 0. The van der Waals surface area contributed by atoms with Gasteiger partial charge in [0.1, 0.15) is 0 Å². The lowest BCUT2D eigenvalue weighted by Gasteiger charge is -2.34. The first-order valence-electron chi connectivity index (χ1n) is 22.0. The largest absolute Gasteiger partial charge is 0.309 e. The highest BCUT2D eigenvalue weighted by molar-refractivity contribution is 7.26. The van der Waals surface area contributed by atoms with Crippen LogP contribution in [0.3, 0.4) is 0 Å². The van der Waals surface area contributed by atoms with E-state index in [2.05, 4.69) is 252 Å². The summed E-state index contributed by atoms with van der Waals surface area (Å²) in [6.45, 7) is 0. The maximum absolute atomic E-state index is 2.69. The Kier molecular flexibility index (Phi) is 8.45. The van der Waals surface area contributed by atoms with Gasteiger partial charge in [-0.2, -0.15) is 0 Å². The predicted octanol–water partition coefficient (Wildman–Crippen LogP) is 13.3. The van der Waals surface area contributed by atoms with Crippen LogP contribution in [0.5, 0.6) is 0 Å².